The lowest BCUT2D eigenvalue weighted by Gasteiger charge is -2.15. The van der Waals surface area contributed by atoms with Gasteiger partial charge in [0.1, 0.15) is 0 Å². The van der Waals surface area contributed by atoms with Crippen LogP contribution in [0.5, 0.6) is 0 Å². The van der Waals surface area contributed by atoms with Crippen LogP contribution in [0, 0.1) is 0 Å². The van der Waals surface area contributed by atoms with Crippen molar-refractivity contribution in [1.82, 2.24) is 9.78 Å². The van der Waals surface area contributed by atoms with Gasteiger partial charge in [-0.15, -0.1) is 0 Å². The van der Waals surface area contributed by atoms with Crippen LogP contribution in [-0.4, -0.2) is 18.2 Å². The van der Waals surface area contributed by atoms with Gasteiger partial charge in [-0.25, -0.2) is 8.42 Å². The Balaban J connectivity index is 1.73. The van der Waals surface area contributed by atoms with E-state index in [0.717, 1.165) is 5.69 Å². The summed E-state index contributed by atoms with van der Waals surface area (Å²) in [6.07, 6.45) is 7.70. The third kappa shape index (κ3) is 3.65. The molecule has 3 rings (SSSR count). The summed E-state index contributed by atoms with van der Waals surface area (Å²) in [5.41, 5.74) is 1.41. The van der Waals surface area contributed by atoms with E-state index in [1.165, 1.54) is 0 Å². The predicted octanol–water partition coefficient (Wildman–Crippen LogP) is 3.44. The van der Waals surface area contributed by atoms with Crippen LogP contribution in [0.15, 0.2) is 59.7 Å². The molecule has 0 saturated heterocycles. The molecule has 0 spiro atoms. The third-order valence-electron chi connectivity index (χ3n) is 3.59. The zero-order chi connectivity index (χ0) is 16.4. The van der Waals surface area contributed by atoms with E-state index in [9.17, 15) is 8.42 Å². The van der Waals surface area contributed by atoms with Gasteiger partial charge in [-0.3, -0.25) is 9.40 Å². The second-order valence-corrected chi connectivity index (χ2v) is 7.45. The first kappa shape index (κ1) is 15.8. The fourth-order valence-electron chi connectivity index (χ4n) is 2.38. The maximum absolute atomic E-state index is 12.4. The van der Waals surface area contributed by atoms with Gasteiger partial charge >= 0.3 is 0 Å². The molecule has 120 valence electrons. The summed E-state index contributed by atoms with van der Waals surface area (Å²) in [4.78, 5) is 0.264. The minimum absolute atomic E-state index is 0.102. The van der Waals surface area contributed by atoms with E-state index in [1.54, 1.807) is 41.1 Å². The lowest BCUT2D eigenvalue weighted by Crippen LogP contribution is -2.16. The van der Waals surface area contributed by atoms with Crippen molar-refractivity contribution in [2.24, 2.45) is 7.05 Å². The SMILES string of the molecule is Cn1ccc([C@H]2C=CC(S(=O)(=O)Nc3ccc(Cl)cc3)=CC2)n1. The van der Waals surface area contributed by atoms with Gasteiger partial charge in [0.15, 0.2) is 0 Å². The van der Waals surface area contributed by atoms with E-state index in [0.29, 0.717) is 17.1 Å². The maximum Gasteiger partial charge on any atom is 0.261 e. The van der Waals surface area contributed by atoms with Crippen molar-refractivity contribution in [3.8, 4) is 0 Å². The lowest BCUT2D eigenvalue weighted by atomic mass is 9.97. The van der Waals surface area contributed by atoms with Crippen LogP contribution in [0.1, 0.15) is 18.0 Å². The van der Waals surface area contributed by atoms with Crippen molar-refractivity contribution < 1.29 is 8.42 Å². The predicted molar refractivity (Wildman–Crippen MR) is 91.8 cm³/mol. The average Bonchev–Trinajstić information content (AvgIpc) is 2.96. The number of aromatic nitrogens is 2. The van der Waals surface area contributed by atoms with Gasteiger partial charge in [-0.2, -0.15) is 5.10 Å². The molecule has 1 aromatic carbocycles. The van der Waals surface area contributed by atoms with Crippen LogP contribution in [-0.2, 0) is 17.1 Å². The molecule has 1 aliphatic carbocycles. The van der Waals surface area contributed by atoms with Crippen LogP contribution in [0.4, 0.5) is 5.69 Å². The Morgan fingerprint density at radius 3 is 2.57 bits per heavy atom. The number of anilines is 1. The summed E-state index contributed by atoms with van der Waals surface area (Å²) in [5, 5.41) is 4.91. The fourth-order valence-corrected chi connectivity index (χ4v) is 3.65. The molecule has 5 nitrogen and oxygen atoms in total. The minimum atomic E-state index is -3.59. The third-order valence-corrected chi connectivity index (χ3v) is 5.27. The van der Waals surface area contributed by atoms with Crippen molar-refractivity contribution >= 4 is 27.3 Å². The Kier molecular flexibility index (Phi) is 4.28. The zero-order valence-corrected chi connectivity index (χ0v) is 14.1. The Morgan fingerprint density at radius 2 is 2.00 bits per heavy atom. The van der Waals surface area contributed by atoms with Crippen LogP contribution in [0.3, 0.4) is 0 Å². The molecule has 23 heavy (non-hydrogen) atoms. The second kappa shape index (κ2) is 6.22. The molecule has 0 saturated carbocycles. The summed E-state index contributed by atoms with van der Waals surface area (Å²) in [6, 6.07) is 8.48. The molecule has 0 bridgehead atoms. The van der Waals surface area contributed by atoms with E-state index in [1.807, 2.05) is 25.4 Å². The number of hydrogen-bond acceptors (Lipinski definition) is 3. The Morgan fingerprint density at radius 1 is 1.26 bits per heavy atom. The van der Waals surface area contributed by atoms with E-state index in [-0.39, 0.29) is 10.8 Å². The largest absolute Gasteiger partial charge is 0.280 e. The molecular weight excluding hydrogens is 334 g/mol. The lowest BCUT2D eigenvalue weighted by molar-refractivity contribution is 0.607. The number of halogens is 1. The Labute approximate surface area is 140 Å². The number of nitrogens with zero attached hydrogens (tertiary/aromatic N) is 2. The molecular formula is C16H16ClN3O2S. The molecule has 1 N–H and O–H groups in total. The van der Waals surface area contributed by atoms with Gasteiger partial charge in [0.2, 0.25) is 0 Å². The highest BCUT2D eigenvalue weighted by molar-refractivity contribution is 7.96. The van der Waals surface area contributed by atoms with Crippen LogP contribution < -0.4 is 4.72 Å². The highest BCUT2D eigenvalue weighted by atomic mass is 35.5. The first-order valence-corrected chi connectivity index (χ1v) is 8.96. The molecule has 0 aliphatic heterocycles. The Hall–Kier alpha value is -2.05. The number of aryl methyl sites for hydroxylation is 1. The smallest absolute Gasteiger partial charge is 0.261 e. The van der Waals surface area contributed by atoms with Gasteiger partial charge in [0, 0.05) is 29.9 Å². The van der Waals surface area contributed by atoms with E-state index < -0.39 is 10.0 Å². The van der Waals surface area contributed by atoms with Crippen LogP contribution in [0.25, 0.3) is 0 Å². The second-order valence-electron chi connectivity index (χ2n) is 5.33. The minimum Gasteiger partial charge on any atom is -0.280 e. The standard InChI is InChI=1S/C16H16ClN3O2S/c1-20-11-10-16(18-20)12-2-8-15(9-3-12)23(21,22)19-14-6-4-13(17)5-7-14/h2,4-12,19H,3H2,1H3/t12-/m0/s1. The first-order chi connectivity index (χ1) is 10.9. The van der Waals surface area contributed by atoms with Gasteiger partial charge in [-0.1, -0.05) is 23.8 Å². The maximum atomic E-state index is 12.4. The van der Waals surface area contributed by atoms with Crippen molar-refractivity contribution in [2.45, 2.75) is 12.3 Å². The number of sulfonamides is 1. The highest BCUT2D eigenvalue weighted by Crippen LogP contribution is 2.28. The summed E-state index contributed by atoms with van der Waals surface area (Å²) in [7, 11) is -1.74. The zero-order valence-electron chi connectivity index (χ0n) is 12.5. The van der Waals surface area contributed by atoms with Gasteiger partial charge < -0.3 is 0 Å². The number of benzene rings is 1. The molecule has 1 atom stereocenters. The molecule has 0 radical (unpaired) electrons. The molecule has 2 aromatic rings. The first-order valence-electron chi connectivity index (χ1n) is 7.10. The number of nitrogens with one attached hydrogen (secondary N) is 1. The molecule has 0 unspecified atom stereocenters. The molecule has 1 heterocycles. The van der Waals surface area contributed by atoms with Gasteiger partial charge in [-0.05, 0) is 42.8 Å². The molecule has 0 amide bonds. The van der Waals surface area contributed by atoms with Crippen molar-refractivity contribution in [3.63, 3.8) is 0 Å². The van der Waals surface area contributed by atoms with Crippen LogP contribution >= 0.6 is 11.6 Å². The fraction of sp³-hybridized carbons (Fsp3) is 0.188. The molecule has 1 aromatic heterocycles. The van der Waals surface area contributed by atoms with Crippen molar-refractivity contribution in [2.75, 3.05) is 4.72 Å². The molecule has 1 aliphatic rings. The monoisotopic (exact) mass is 349 g/mol. The van der Waals surface area contributed by atoms with Gasteiger partial charge in [0.05, 0.1) is 10.6 Å². The topological polar surface area (TPSA) is 64.0 Å². The van der Waals surface area contributed by atoms with E-state index in [4.69, 9.17) is 11.6 Å². The number of allylic oxidation sites excluding steroid dienone is 3. The van der Waals surface area contributed by atoms with Gasteiger partial charge in [0.25, 0.3) is 10.0 Å². The average molecular weight is 350 g/mol. The normalized spacial score (nSPS) is 17.8. The van der Waals surface area contributed by atoms with Crippen molar-refractivity contribution in [1.29, 1.82) is 0 Å². The molecule has 0 fully saturated rings. The quantitative estimate of drug-likeness (QED) is 0.919. The summed E-state index contributed by atoms with van der Waals surface area (Å²) in [6.45, 7) is 0. The number of rotatable bonds is 4. The summed E-state index contributed by atoms with van der Waals surface area (Å²) >= 11 is 5.80. The highest BCUT2D eigenvalue weighted by Gasteiger charge is 2.21. The van der Waals surface area contributed by atoms with E-state index in [2.05, 4.69) is 9.82 Å². The van der Waals surface area contributed by atoms with E-state index >= 15 is 0 Å². The molecule has 7 heteroatoms. The summed E-state index contributed by atoms with van der Waals surface area (Å²) < 4.78 is 29.1. The Bertz CT molecular complexity index is 867. The summed E-state index contributed by atoms with van der Waals surface area (Å²) in [5.74, 6) is 0.102. The van der Waals surface area contributed by atoms with Crippen molar-refractivity contribution in [3.05, 3.63) is 70.4 Å². The van der Waals surface area contributed by atoms with Crippen LogP contribution in [0.2, 0.25) is 5.02 Å². The number of hydrogen-bond donors (Lipinski definition) is 1.